The van der Waals surface area contributed by atoms with E-state index in [-0.39, 0.29) is 26.4 Å². The molecule has 0 saturated carbocycles. The molecule has 0 bridgehead atoms. The number of ether oxygens (including phenoxy) is 4. The van der Waals surface area contributed by atoms with Gasteiger partial charge in [0, 0.05) is 34.1 Å². The minimum Gasteiger partial charge on any atom is -0.489 e. The molecule has 6 heteroatoms. The van der Waals surface area contributed by atoms with Crippen LogP contribution < -0.4 is 9.47 Å². The molecule has 0 unspecified atom stereocenters. The third kappa shape index (κ3) is 5.49. The van der Waals surface area contributed by atoms with Gasteiger partial charge in [-0.25, -0.2) is 9.59 Å². The Labute approximate surface area is 188 Å². The Morgan fingerprint density at radius 2 is 1.38 bits per heavy atom. The fraction of sp³-hybridized carbons (Fsp3) is 0.385. The van der Waals surface area contributed by atoms with Crippen molar-refractivity contribution < 1.29 is 28.5 Å². The van der Waals surface area contributed by atoms with E-state index in [1.165, 1.54) is 5.56 Å². The van der Waals surface area contributed by atoms with Gasteiger partial charge in [-0.15, -0.1) is 0 Å². The van der Waals surface area contributed by atoms with Gasteiger partial charge in [-0.3, -0.25) is 0 Å². The number of rotatable bonds is 11. The van der Waals surface area contributed by atoms with E-state index in [0.717, 1.165) is 77.7 Å². The van der Waals surface area contributed by atoms with Gasteiger partial charge in [-0.1, -0.05) is 32.2 Å². The zero-order valence-electron chi connectivity index (χ0n) is 18.6. The molecule has 0 aliphatic heterocycles. The van der Waals surface area contributed by atoms with Crippen LogP contribution >= 0.6 is 0 Å². The average Bonchev–Trinajstić information content (AvgIpc) is 2.83. The Hall–Kier alpha value is -3.28. The summed E-state index contributed by atoms with van der Waals surface area (Å²) in [6.45, 7) is 9.75. The molecule has 0 aromatic heterocycles. The fourth-order valence-corrected chi connectivity index (χ4v) is 3.95. The Bertz CT molecular complexity index is 1010. The maximum absolute atomic E-state index is 11.3. The second kappa shape index (κ2) is 11.4. The fourth-order valence-electron chi connectivity index (χ4n) is 3.95. The molecule has 170 valence electrons. The monoisotopic (exact) mass is 438 g/mol. The molecular formula is C26H30O6. The molecule has 2 aromatic carbocycles. The highest BCUT2D eigenvalue weighted by atomic mass is 16.6. The van der Waals surface area contributed by atoms with E-state index in [9.17, 15) is 9.59 Å². The molecule has 0 spiro atoms. The Kier molecular flexibility index (Phi) is 8.31. The molecular weight excluding hydrogens is 408 g/mol. The van der Waals surface area contributed by atoms with Crippen molar-refractivity contribution in [2.24, 2.45) is 0 Å². The number of hydrogen-bond donors (Lipinski definition) is 0. The van der Waals surface area contributed by atoms with E-state index < -0.39 is 11.9 Å². The molecule has 0 fully saturated rings. The summed E-state index contributed by atoms with van der Waals surface area (Å²) in [5, 5.41) is 1.95. The minimum atomic E-state index is -0.464. The molecule has 1 aliphatic carbocycles. The molecule has 3 rings (SSSR count). The second-order valence-electron chi connectivity index (χ2n) is 7.50. The Morgan fingerprint density at radius 1 is 0.844 bits per heavy atom. The molecule has 0 N–H and O–H groups in total. The lowest BCUT2D eigenvalue weighted by Crippen LogP contribution is -2.15. The topological polar surface area (TPSA) is 71.1 Å². The first kappa shape index (κ1) is 23.4. The van der Waals surface area contributed by atoms with Gasteiger partial charge >= 0.3 is 11.9 Å². The van der Waals surface area contributed by atoms with Crippen molar-refractivity contribution in [3.8, 4) is 11.5 Å². The number of benzene rings is 2. The van der Waals surface area contributed by atoms with E-state index in [1.807, 2.05) is 0 Å². The van der Waals surface area contributed by atoms with Crippen LogP contribution in [0.3, 0.4) is 0 Å². The quantitative estimate of drug-likeness (QED) is 0.292. The summed E-state index contributed by atoms with van der Waals surface area (Å²) >= 11 is 0. The lowest BCUT2D eigenvalue weighted by Gasteiger charge is -2.25. The molecule has 0 saturated heterocycles. The zero-order valence-corrected chi connectivity index (χ0v) is 18.6. The van der Waals surface area contributed by atoms with Crippen LogP contribution in [0, 0.1) is 0 Å². The summed E-state index contributed by atoms with van der Waals surface area (Å²) in [5.41, 5.74) is 3.48. The maximum atomic E-state index is 11.3. The van der Waals surface area contributed by atoms with Crippen molar-refractivity contribution >= 4 is 22.7 Å². The van der Waals surface area contributed by atoms with E-state index in [0.29, 0.717) is 0 Å². The van der Waals surface area contributed by atoms with Crippen molar-refractivity contribution in [1.29, 1.82) is 0 Å². The minimum absolute atomic E-state index is 0.154. The smallest absolute Gasteiger partial charge is 0.330 e. The summed E-state index contributed by atoms with van der Waals surface area (Å²) in [7, 11) is 0. The predicted octanol–water partition coefficient (Wildman–Crippen LogP) is 4.50. The lowest BCUT2D eigenvalue weighted by atomic mass is 9.86. The number of fused-ring (bicyclic) bond motifs is 2. The van der Waals surface area contributed by atoms with Crippen LogP contribution in [0.5, 0.6) is 11.5 Å². The zero-order chi connectivity index (χ0) is 22.9. The van der Waals surface area contributed by atoms with Crippen LogP contribution in [-0.4, -0.2) is 38.4 Å². The molecule has 1 aliphatic rings. The first-order chi connectivity index (χ1) is 15.6. The number of aryl methyl sites for hydroxylation is 1. The van der Waals surface area contributed by atoms with Crippen molar-refractivity contribution in [3.63, 3.8) is 0 Å². The van der Waals surface area contributed by atoms with Crippen molar-refractivity contribution in [3.05, 3.63) is 60.2 Å². The normalized spacial score (nSPS) is 12.5. The first-order valence-corrected chi connectivity index (χ1v) is 11.0. The molecule has 2 aromatic rings. The van der Waals surface area contributed by atoms with Gasteiger partial charge in [0.05, 0.1) is 0 Å². The number of carbonyl (C=O) groups excluding carboxylic acids is 2. The molecule has 6 nitrogen and oxygen atoms in total. The predicted molar refractivity (Wildman–Crippen MR) is 123 cm³/mol. The molecule has 0 radical (unpaired) electrons. The third-order valence-electron chi connectivity index (χ3n) is 5.48. The maximum Gasteiger partial charge on any atom is 0.330 e. The van der Waals surface area contributed by atoms with Gasteiger partial charge in [0.1, 0.15) is 37.9 Å². The van der Waals surface area contributed by atoms with Crippen molar-refractivity contribution in [1.82, 2.24) is 0 Å². The summed E-state index contributed by atoms with van der Waals surface area (Å²) in [6.07, 6.45) is 7.12. The summed E-state index contributed by atoms with van der Waals surface area (Å²) in [4.78, 5) is 22.7. The van der Waals surface area contributed by atoms with Crippen molar-refractivity contribution in [2.45, 2.75) is 39.0 Å². The molecule has 0 atom stereocenters. The van der Waals surface area contributed by atoms with Crippen LogP contribution in [-0.2, 0) is 38.3 Å². The number of esters is 2. The van der Waals surface area contributed by atoms with Crippen LogP contribution in [0.15, 0.2) is 43.5 Å². The van der Waals surface area contributed by atoms with Crippen LogP contribution in [0.2, 0.25) is 0 Å². The van der Waals surface area contributed by atoms with Gasteiger partial charge in [0.25, 0.3) is 0 Å². The van der Waals surface area contributed by atoms with Gasteiger partial charge in [0.15, 0.2) is 0 Å². The molecule has 0 heterocycles. The summed E-state index contributed by atoms with van der Waals surface area (Å²) in [5.74, 6) is 0.742. The average molecular weight is 439 g/mol. The van der Waals surface area contributed by atoms with Gasteiger partial charge in [-0.2, -0.15) is 0 Å². The highest BCUT2D eigenvalue weighted by Crippen LogP contribution is 2.44. The Balaban J connectivity index is 1.94. The van der Waals surface area contributed by atoms with Crippen LogP contribution in [0.1, 0.15) is 36.5 Å². The third-order valence-corrected chi connectivity index (χ3v) is 5.48. The van der Waals surface area contributed by atoms with E-state index in [2.05, 4.69) is 38.3 Å². The van der Waals surface area contributed by atoms with E-state index in [4.69, 9.17) is 18.9 Å². The van der Waals surface area contributed by atoms with Gasteiger partial charge in [0.2, 0.25) is 0 Å². The summed E-state index contributed by atoms with van der Waals surface area (Å²) < 4.78 is 22.5. The van der Waals surface area contributed by atoms with Crippen molar-refractivity contribution in [2.75, 3.05) is 26.4 Å². The first-order valence-electron chi connectivity index (χ1n) is 11.0. The number of carbonyl (C=O) groups is 2. The SMILES string of the molecule is C=CC(=O)OCCOc1c2c(c(OCCOC(=O)C=C)c3cc(CC)ccc13)CCCC2. The standard InChI is InChI=1S/C26H30O6/c1-4-18-11-12-21-22(17-18)26(32-16-14-30-24(28)6-3)20-10-8-7-9-19(20)25(21)31-15-13-29-23(27)5-2/h5-6,11-12,17H,2-4,7-10,13-16H2,1H3. The van der Waals surface area contributed by atoms with Gasteiger partial charge < -0.3 is 18.9 Å². The molecule has 0 amide bonds. The van der Waals surface area contributed by atoms with Gasteiger partial charge in [-0.05, 0) is 43.7 Å². The van der Waals surface area contributed by atoms with Crippen LogP contribution in [0.4, 0.5) is 0 Å². The van der Waals surface area contributed by atoms with E-state index in [1.54, 1.807) is 0 Å². The summed E-state index contributed by atoms with van der Waals surface area (Å²) in [6, 6.07) is 6.30. The largest absolute Gasteiger partial charge is 0.489 e. The molecule has 32 heavy (non-hydrogen) atoms. The number of hydrogen-bond acceptors (Lipinski definition) is 6. The van der Waals surface area contributed by atoms with E-state index >= 15 is 0 Å². The second-order valence-corrected chi connectivity index (χ2v) is 7.50. The Morgan fingerprint density at radius 3 is 1.88 bits per heavy atom. The highest BCUT2D eigenvalue weighted by molar-refractivity contribution is 5.96. The lowest BCUT2D eigenvalue weighted by molar-refractivity contribution is -0.139. The van der Waals surface area contributed by atoms with Crippen LogP contribution in [0.25, 0.3) is 10.8 Å². The highest BCUT2D eigenvalue weighted by Gasteiger charge is 2.24.